The fourth-order valence-corrected chi connectivity index (χ4v) is 2.37. The number of carbonyl (C=O) groups is 2. The third-order valence-electron chi connectivity index (χ3n) is 3.39. The molecule has 2 aromatic rings. The van der Waals surface area contributed by atoms with E-state index in [-0.39, 0.29) is 18.2 Å². The van der Waals surface area contributed by atoms with Crippen LogP contribution in [0.15, 0.2) is 24.4 Å². The van der Waals surface area contributed by atoms with Crippen LogP contribution in [-0.2, 0) is 4.79 Å². The summed E-state index contributed by atoms with van der Waals surface area (Å²) in [5, 5.41) is 16.3. The molecule has 6 nitrogen and oxygen atoms in total. The predicted octanol–water partition coefficient (Wildman–Crippen LogP) is 1.11. The van der Waals surface area contributed by atoms with Gasteiger partial charge in [0.05, 0.1) is 18.1 Å². The standard InChI is InChI=1S/C13H13N3O3/c17-12(18)3-8-6-16(7-8)13(19)9-1-2-11-10(4-9)5-14-15-11/h1-2,4-5,8H,3,6-7H2,(H,14,15)(H,17,18). The van der Waals surface area contributed by atoms with E-state index in [4.69, 9.17) is 5.11 Å². The first-order valence-corrected chi connectivity index (χ1v) is 6.07. The van der Waals surface area contributed by atoms with Crippen LogP contribution in [-0.4, -0.2) is 45.2 Å². The third-order valence-corrected chi connectivity index (χ3v) is 3.39. The summed E-state index contributed by atoms with van der Waals surface area (Å²) >= 11 is 0. The number of fused-ring (bicyclic) bond motifs is 1. The molecule has 0 saturated carbocycles. The number of aromatic amines is 1. The van der Waals surface area contributed by atoms with E-state index in [1.807, 2.05) is 6.07 Å². The van der Waals surface area contributed by atoms with Crippen molar-refractivity contribution in [2.75, 3.05) is 13.1 Å². The van der Waals surface area contributed by atoms with Gasteiger partial charge in [-0.1, -0.05) is 0 Å². The molecule has 98 valence electrons. The van der Waals surface area contributed by atoms with Crippen molar-refractivity contribution in [1.82, 2.24) is 15.1 Å². The number of hydrogen-bond donors (Lipinski definition) is 2. The second-order valence-electron chi connectivity index (χ2n) is 4.85. The molecule has 0 bridgehead atoms. The van der Waals surface area contributed by atoms with Crippen molar-refractivity contribution in [1.29, 1.82) is 0 Å². The maximum absolute atomic E-state index is 12.2. The van der Waals surface area contributed by atoms with Gasteiger partial charge in [-0.25, -0.2) is 0 Å². The number of benzene rings is 1. The molecule has 0 aliphatic carbocycles. The largest absolute Gasteiger partial charge is 0.481 e. The van der Waals surface area contributed by atoms with Crippen LogP contribution in [0.3, 0.4) is 0 Å². The summed E-state index contributed by atoms with van der Waals surface area (Å²) in [6, 6.07) is 5.38. The van der Waals surface area contributed by atoms with Gasteiger partial charge in [0.15, 0.2) is 0 Å². The number of carbonyl (C=O) groups excluding carboxylic acids is 1. The van der Waals surface area contributed by atoms with Gasteiger partial charge in [-0.3, -0.25) is 14.7 Å². The van der Waals surface area contributed by atoms with Crippen molar-refractivity contribution in [3.63, 3.8) is 0 Å². The van der Waals surface area contributed by atoms with Crippen LogP contribution < -0.4 is 0 Å². The Labute approximate surface area is 109 Å². The van der Waals surface area contributed by atoms with Gasteiger partial charge in [-0.05, 0) is 18.2 Å². The molecule has 0 atom stereocenters. The lowest BCUT2D eigenvalue weighted by atomic mass is 9.95. The van der Waals surface area contributed by atoms with Crippen molar-refractivity contribution in [3.8, 4) is 0 Å². The summed E-state index contributed by atoms with van der Waals surface area (Å²) in [6.07, 6.45) is 1.81. The number of likely N-dealkylation sites (tertiary alicyclic amines) is 1. The average Bonchev–Trinajstić information content (AvgIpc) is 2.79. The van der Waals surface area contributed by atoms with Crippen LogP contribution in [0.5, 0.6) is 0 Å². The van der Waals surface area contributed by atoms with E-state index >= 15 is 0 Å². The Morgan fingerprint density at radius 3 is 2.95 bits per heavy atom. The van der Waals surface area contributed by atoms with Crippen molar-refractivity contribution in [3.05, 3.63) is 30.0 Å². The first kappa shape index (κ1) is 11.7. The highest BCUT2D eigenvalue weighted by Crippen LogP contribution is 2.22. The summed E-state index contributed by atoms with van der Waals surface area (Å²) in [5.74, 6) is -0.777. The number of carboxylic acid groups (broad SMARTS) is 1. The number of nitrogens with one attached hydrogen (secondary N) is 1. The normalized spacial score (nSPS) is 15.5. The van der Waals surface area contributed by atoms with Crippen LogP contribution in [0, 0.1) is 5.92 Å². The molecule has 1 saturated heterocycles. The Balaban J connectivity index is 1.69. The molecule has 1 aromatic carbocycles. The molecule has 3 rings (SSSR count). The molecular weight excluding hydrogens is 246 g/mol. The van der Waals surface area contributed by atoms with Gasteiger partial charge in [-0.15, -0.1) is 0 Å². The summed E-state index contributed by atoms with van der Waals surface area (Å²) in [6.45, 7) is 1.04. The molecule has 1 aliphatic rings. The van der Waals surface area contributed by atoms with Gasteiger partial charge in [0.25, 0.3) is 5.91 Å². The molecule has 0 spiro atoms. The van der Waals surface area contributed by atoms with E-state index in [2.05, 4.69) is 10.2 Å². The van der Waals surface area contributed by atoms with E-state index in [0.717, 1.165) is 10.9 Å². The number of hydrogen-bond acceptors (Lipinski definition) is 3. The number of carboxylic acids is 1. The number of nitrogens with zero attached hydrogens (tertiary/aromatic N) is 2. The number of aromatic nitrogens is 2. The van der Waals surface area contributed by atoms with Crippen molar-refractivity contribution in [2.45, 2.75) is 6.42 Å². The zero-order chi connectivity index (χ0) is 13.4. The Morgan fingerprint density at radius 2 is 2.21 bits per heavy atom. The van der Waals surface area contributed by atoms with E-state index in [0.29, 0.717) is 18.7 Å². The first-order valence-electron chi connectivity index (χ1n) is 6.07. The van der Waals surface area contributed by atoms with Gasteiger partial charge in [0.1, 0.15) is 0 Å². The maximum atomic E-state index is 12.2. The average molecular weight is 259 g/mol. The predicted molar refractivity (Wildman–Crippen MR) is 67.7 cm³/mol. The highest BCUT2D eigenvalue weighted by Gasteiger charge is 2.32. The minimum Gasteiger partial charge on any atom is -0.481 e. The van der Waals surface area contributed by atoms with Gasteiger partial charge >= 0.3 is 5.97 Å². The summed E-state index contributed by atoms with van der Waals surface area (Å²) in [5.41, 5.74) is 1.51. The molecule has 2 heterocycles. The molecule has 6 heteroatoms. The minimum atomic E-state index is -0.808. The van der Waals surface area contributed by atoms with E-state index in [9.17, 15) is 9.59 Å². The zero-order valence-corrected chi connectivity index (χ0v) is 10.2. The third kappa shape index (κ3) is 2.16. The number of aliphatic carboxylic acids is 1. The van der Waals surface area contributed by atoms with Crippen molar-refractivity contribution in [2.24, 2.45) is 5.92 Å². The van der Waals surface area contributed by atoms with Gasteiger partial charge in [0, 0.05) is 30.0 Å². The molecule has 0 unspecified atom stereocenters. The molecule has 19 heavy (non-hydrogen) atoms. The zero-order valence-electron chi connectivity index (χ0n) is 10.2. The molecule has 2 N–H and O–H groups in total. The summed E-state index contributed by atoms with van der Waals surface area (Å²) in [4.78, 5) is 24.4. The van der Waals surface area contributed by atoms with Crippen LogP contribution in [0.4, 0.5) is 0 Å². The lowest BCUT2D eigenvalue weighted by molar-refractivity contribution is -0.139. The highest BCUT2D eigenvalue weighted by molar-refractivity contribution is 5.98. The lowest BCUT2D eigenvalue weighted by Gasteiger charge is -2.38. The molecule has 1 amide bonds. The van der Waals surface area contributed by atoms with Crippen LogP contribution in [0.2, 0.25) is 0 Å². The summed E-state index contributed by atoms with van der Waals surface area (Å²) in [7, 11) is 0. The highest BCUT2D eigenvalue weighted by atomic mass is 16.4. The summed E-state index contributed by atoms with van der Waals surface area (Å²) < 4.78 is 0. The lowest BCUT2D eigenvalue weighted by Crippen LogP contribution is -2.50. The Kier molecular flexibility index (Phi) is 2.70. The van der Waals surface area contributed by atoms with Crippen LogP contribution >= 0.6 is 0 Å². The maximum Gasteiger partial charge on any atom is 0.303 e. The smallest absolute Gasteiger partial charge is 0.303 e. The van der Waals surface area contributed by atoms with E-state index in [1.54, 1.807) is 23.2 Å². The Bertz CT molecular complexity index is 643. The molecule has 1 aliphatic heterocycles. The minimum absolute atomic E-state index is 0.0512. The fraction of sp³-hybridized carbons (Fsp3) is 0.308. The van der Waals surface area contributed by atoms with Gasteiger partial charge in [-0.2, -0.15) is 5.10 Å². The second kappa shape index (κ2) is 4.38. The number of H-pyrrole nitrogens is 1. The molecule has 0 radical (unpaired) electrons. The van der Waals surface area contributed by atoms with Crippen LogP contribution in [0.1, 0.15) is 16.8 Å². The van der Waals surface area contributed by atoms with Crippen molar-refractivity contribution >= 4 is 22.8 Å². The van der Waals surface area contributed by atoms with E-state index < -0.39 is 5.97 Å². The quantitative estimate of drug-likeness (QED) is 0.864. The SMILES string of the molecule is O=C(O)CC1CN(C(=O)c2ccc3[nH]ncc3c2)C1. The van der Waals surface area contributed by atoms with Gasteiger partial charge in [0.2, 0.25) is 0 Å². The number of amides is 1. The fourth-order valence-electron chi connectivity index (χ4n) is 2.37. The molecule has 1 fully saturated rings. The van der Waals surface area contributed by atoms with Gasteiger partial charge < -0.3 is 10.0 Å². The molecule has 1 aromatic heterocycles. The first-order chi connectivity index (χ1) is 9.13. The topological polar surface area (TPSA) is 86.3 Å². The Morgan fingerprint density at radius 1 is 1.42 bits per heavy atom. The second-order valence-corrected chi connectivity index (χ2v) is 4.85. The monoisotopic (exact) mass is 259 g/mol. The van der Waals surface area contributed by atoms with Crippen molar-refractivity contribution < 1.29 is 14.7 Å². The van der Waals surface area contributed by atoms with Crippen LogP contribution in [0.25, 0.3) is 10.9 Å². The van der Waals surface area contributed by atoms with E-state index in [1.165, 1.54) is 0 Å². The molecular formula is C13H13N3O3. The number of rotatable bonds is 3. The Hall–Kier alpha value is -2.37.